The average Bonchev–Trinajstić information content (AvgIpc) is 2.15. The lowest BCUT2D eigenvalue weighted by Gasteiger charge is -2.11. The summed E-state index contributed by atoms with van der Waals surface area (Å²) in [5.41, 5.74) is 0.725. The van der Waals surface area contributed by atoms with Gasteiger partial charge in [-0.2, -0.15) is 0 Å². The monoisotopic (exact) mass is 228 g/mol. The molecule has 1 aromatic carbocycles. The summed E-state index contributed by atoms with van der Waals surface area (Å²) in [6.45, 7) is 3.50. The average molecular weight is 229 g/mol. The molecule has 0 aromatic heterocycles. The normalized spacial score (nSPS) is 10.4. The van der Waals surface area contributed by atoms with Crippen molar-refractivity contribution in [2.45, 2.75) is 25.8 Å². The number of carbonyl (C=O) groups is 1. The van der Waals surface area contributed by atoms with E-state index in [1.807, 2.05) is 0 Å². The van der Waals surface area contributed by atoms with Crippen molar-refractivity contribution >= 4 is 17.6 Å². The van der Waals surface area contributed by atoms with Gasteiger partial charge in [0.15, 0.2) is 0 Å². The molecule has 0 amide bonds. The second kappa shape index (κ2) is 5.03. The number of hydrogen-bond donors (Lipinski definition) is 1. The van der Waals surface area contributed by atoms with Gasteiger partial charge >= 0.3 is 5.97 Å². The van der Waals surface area contributed by atoms with Gasteiger partial charge in [0, 0.05) is 5.88 Å². The van der Waals surface area contributed by atoms with Gasteiger partial charge in [0.2, 0.25) is 0 Å². The molecule has 15 heavy (non-hydrogen) atoms. The van der Waals surface area contributed by atoms with Crippen LogP contribution >= 0.6 is 11.6 Å². The summed E-state index contributed by atoms with van der Waals surface area (Å²) in [5, 5.41) is 9.55. The third-order valence-electron chi connectivity index (χ3n) is 1.82. The molecule has 0 saturated carbocycles. The highest BCUT2D eigenvalue weighted by Crippen LogP contribution is 2.23. The zero-order valence-corrected chi connectivity index (χ0v) is 9.41. The van der Waals surface area contributed by atoms with Crippen LogP contribution in [0.25, 0.3) is 0 Å². The Morgan fingerprint density at radius 2 is 2.20 bits per heavy atom. The summed E-state index contributed by atoms with van der Waals surface area (Å²) in [6, 6.07) is 4.76. The van der Waals surface area contributed by atoms with Gasteiger partial charge < -0.3 is 9.84 Å². The lowest BCUT2D eigenvalue weighted by atomic mass is 10.1. The predicted molar refractivity (Wildman–Crippen MR) is 58.2 cm³/mol. The van der Waals surface area contributed by atoms with E-state index in [9.17, 15) is 9.90 Å². The number of alkyl halides is 1. The maximum atomic E-state index is 11.6. The summed E-state index contributed by atoms with van der Waals surface area (Å²) in [4.78, 5) is 11.6. The Balaban J connectivity index is 3.06. The maximum Gasteiger partial charge on any atom is 0.342 e. The molecule has 1 N–H and O–H groups in total. The summed E-state index contributed by atoms with van der Waals surface area (Å²) in [7, 11) is 0. The van der Waals surface area contributed by atoms with E-state index in [4.69, 9.17) is 16.3 Å². The van der Waals surface area contributed by atoms with Gasteiger partial charge in [0.25, 0.3) is 0 Å². The first-order valence-electron chi connectivity index (χ1n) is 4.64. The lowest BCUT2D eigenvalue weighted by molar-refractivity contribution is 0.0373. The van der Waals surface area contributed by atoms with Crippen LogP contribution in [0.3, 0.4) is 0 Å². The van der Waals surface area contributed by atoms with E-state index >= 15 is 0 Å². The highest BCUT2D eigenvalue weighted by atomic mass is 35.5. The quantitative estimate of drug-likeness (QED) is 0.639. The Hall–Kier alpha value is -1.22. The third kappa shape index (κ3) is 2.86. The van der Waals surface area contributed by atoms with Crippen molar-refractivity contribution in [3.05, 3.63) is 29.3 Å². The van der Waals surface area contributed by atoms with Crippen molar-refractivity contribution in [1.82, 2.24) is 0 Å². The van der Waals surface area contributed by atoms with Crippen LogP contribution in [-0.4, -0.2) is 17.2 Å². The highest BCUT2D eigenvalue weighted by molar-refractivity contribution is 6.17. The van der Waals surface area contributed by atoms with E-state index in [0.717, 1.165) is 0 Å². The van der Waals surface area contributed by atoms with E-state index in [2.05, 4.69) is 0 Å². The summed E-state index contributed by atoms with van der Waals surface area (Å²) in [5.74, 6) is -0.478. The minimum atomic E-state index is -0.543. The van der Waals surface area contributed by atoms with E-state index in [1.165, 1.54) is 6.07 Å². The van der Waals surface area contributed by atoms with Crippen LogP contribution in [0.5, 0.6) is 5.75 Å². The summed E-state index contributed by atoms with van der Waals surface area (Å²) in [6.07, 6.45) is -0.222. The molecule has 0 aliphatic rings. The van der Waals surface area contributed by atoms with Gasteiger partial charge in [-0.1, -0.05) is 12.1 Å². The Labute approximate surface area is 93.6 Å². The molecule has 0 atom stereocenters. The first kappa shape index (κ1) is 11.9. The molecule has 0 spiro atoms. The fraction of sp³-hybridized carbons (Fsp3) is 0.364. The number of aromatic hydroxyl groups is 1. The molecule has 0 bridgehead atoms. The van der Waals surface area contributed by atoms with E-state index < -0.39 is 5.97 Å². The number of carbonyl (C=O) groups excluding carboxylic acids is 1. The number of benzene rings is 1. The van der Waals surface area contributed by atoms with Crippen LogP contribution in [-0.2, 0) is 10.6 Å². The zero-order valence-electron chi connectivity index (χ0n) is 8.66. The van der Waals surface area contributed by atoms with Crippen molar-refractivity contribution in [3.8, 4) is 5.75 Å². The van der Waals surface area contributed by atoms with Gasteiger partial charge in [-0.15, -0.1) is 11.6 Å². The van der Waals surface area contributed by atoms with Gasteiger partial charge in [-0.3, -0.25) is 0 Å². The number of halogens is 1. The molecule has 3 nitrogen and oxygen atoms in total. The van der Waals surface area contributed by atoms with Gasteiger partial charge in [0.05, 0.1) is 6.10 Å². The fourth-order valence-corrected chi connectivity index (χ4v) is 1.43. The van der Waals surface area contributed by atoms with Crippen LogP contribution in [0.1, 0.15) is 29.8 Å². The minimum Gasteiger partial charge on any atom is -0.507 e. The minimum absolute atomic E-state index is 0.0983. The molecule has 0 fully saturated rings. The van der Waals surface area contributed by atoms with Crippen molar-refractivity contribution in [1.29, 1.82) is 0 Å². The Kier molecular flexibility index (Phi) is 3.97. The molecule has 1 rings (SSSR count). The van der Waals surface area contributed by atoms with Crippen molar-refractivity contribution < 1.29 is 14.6 Å². The van der Waals surface area contributed by atoms with Gasteiger partial charge in [0.1, 0.15) is 11.3 Å². The molecule has 0 unspecified atom stereocenters. The van der Waals surface area contributed by atoms with Crippen LogP contribution in [0.4, 0.5) is 0 Å². The maximum absolute atomic E-state index is 11.6. The third-order valence-corrected chi connectivity index (χ3v) is 2.11. The second-order valence-electron chi connectivity index (χ2n) is 3.40. The molecular weight excluding hydrogens is 216 g/mol. The molecule has 0 radical (unpaired) electrons. The number of ether oxygens (including phenoxy) is 1. The first-order chi connectivity index (χ1) is 7.06. The van der Waals surface area contributed by atoms with E-state index in [1.54, 1.807) is 26.0 Å². The summed E-state index contributed by atoms with van der Waals surface area (Å²) >= 11 is 5.67. The standard InChI is InChI=1S/C11H13ClO3/c1-7(2)15-11(14)10-8(6-12)4-3-5-9(10)13/h3-5,7,13H,6H2,1-2H3. The van der Waals surface area contributed by atoms with Crippen molar-refractivity contribution in [2.75, 3.05) is 0 Å². The number of phenolic OH excluding ortho intramolecular Hbond substituents is 1. The molecule has 1 aromatic rings. The number of rotatable bonds is 3. The largest absolute Gasteiger partial charge is 0.507 e. The molecule has 0 aliphatic carbocycles. The zero-order chi connectivity index (χ0) is 11.4. The predicted octanol–water partition coefficient (Wildman–Crippen LogP) is 2.70. The molecule has 0 heterocycles. The Morgan fingerprint density at radius 1 is 1.53 bits per heavy atom. The second-order valence-corrected chi connectivity index (χ2v) is 3.67. The molecular formula is C11H13ClO3. The highest BCUT2D eigenvalue weighted by Gasteiger charge is 2.17. The molecule has 4 heteroatoms. The Bertz CT molecular complexity index is 361. The number of phenols is 1. The molecule has 0 aliphatic heterocycles. The van der Waals surface area contributed by atoms with Crippen LogP contribution < -0.4 is 0 Å². The van der Waals surface area contributed by atoms with Crippen LogP contribution in [0.15, 0.2) is 18.2 Å². The van der Waals surface area contributed by atoms with E-state index in [0.29, 0.717) is 5.56 Å². The number of esters is 1. The van der Waals surface area contributed by atoms with Crippen LogP contribution in [0.2, 0.25) is 0 Å². The van der Waals surface area contributed by atoms with Gasteiger partial charge in [-0.25, -0.2) is 4.79 Å². The first-order valence-corrected chi connectivity index (χ1v) is 5.17. The summed E-state index contributed by atoms with van der Waals surface area (Å²) < 4.78 is 5.00. The smallest absolute Gasteiger partial charge is 0.342 e. The topological polar surface area (TPSA) is 46.5 Å². The molecule has 0 saturated heterocycles. The van der Waals surface area contributed by atoms with Gasteiger partial charge in [-0.05, 0) is 25.5 Å². The van der Waals surface area contributed by atoms with E-state index in [-0.39, 0.29) is 23.3 Å². The van der Waals surface area contributed by atoms with Crippen molar-refractivity contribution in [3.63, 3.8) is 0 Å². The van der Waals surface area contributed by atoms with Crippen molar-refractivity contribution in [2.24, 2.45) is 0 Å². The SMILES string of the molecule is CC(C)OC(=O)c1c(O)cccc1CCl. The molecule has 82 valence electrons. The lowest BCUT2D eigenvalue weighted by Crippen LogP contribution is -2.13. The van der Waals surface area contributed by atoms with Crippen LogP contribution in [0, 0.1) is 0 Å². The fourth-order valence-electron chi connectivity index (χ4n) is 1.21. The number of hydrogen-bond acceptors (Lipinski definition) is 3. The Morgan fingerprint density at radius 3 is 2.73 bits per heavy atom.